The summed E-state index contributed by atoms with van der Waals surface area (Å²) in [6, 6.07) is 7.27. The van der Waals surface area contributed by atoms with Gasteiger partial charge in [-0.15, -0.1) is 0 Å². The summed E-state index contributed by atoms with van der Waals surface area (Å²) in [5.41, 5.74) is 0.812. The lowest BCUT2D eigenvalue weighted by Crippen LogP contribution is -2.05. The molecule has 0 bridgehead atoms. The van der Waals surface area contributed by atoms with Crippen molar-refractivity contribution >= 4 is 28.4 Å². The number of benzene rings is 1. The Morgan fingerprint density at radius 3 is 2.54 bits per heavy atom. The fourth-order valence-corrected chi connectivity index (χ4v) is 1.80. The molecule has 0 heterocycles. The van der Waals surface area contributed by atoms with Crippen LogP contribution < -0.4 is 0 Å². The molecule has 1 aromatic carbocycles. The van der Waals surface area contributed by atoms with Crippen molar-refractivity contribution in [2.45, 2.75) is 19.3 Å². The van der Waals surface area contributed by atoms with Gasteiger partial charge in [-0.05, 0) is 29.7 Å². The van der Waals surface area contributed by atoms with Crippen molar-refractivity contribution in [2.75, 3.05) is 0 Å². The van der Waals surface area contributed by atoms with Crippen LogP contribution >= 0.6 is 23.2 Å². The Kier molecular flexibility index (Phi) is 3.76. The van der Waals surface area contributed by atoms with Crippen molar-refractivity contribution in [1.82, 2.24) is 0 Å². The van der Waals surface area contributed by atoms with Gasteiger partial charge in [0.1, 0.15) is 0 Å². The molecule has 1 nitrogen and oxygen atoms in total. The van der Waals surface area contributed by atoms with Gasteiger partial charge in [-0.3, -0.25) is 4.79 Å². The second-order valence-electron chi connectivity index (χ2n) is 2.79. The molecule has 0 fully saturated rings. The average molecular weight is 217 g/mol. The third-order valence-electron chi connectivity index (χ3n) is 1.96. The summed E-state index contributed by atoms with van der Waals surface area (Å²) in [7, 11) is 0. The lowest BCUT2D eigenvalue weighted by Gasteiger charge is -2.11. The first-order chi connectivity index (χ1) is 6.16. The van der Waals surface area contributed by atoms with Crippen LogP contribution in [0.5, 0.6) is 0 Å². The van der Waals surface area contributed by atoms with Crippen LogP contribution in [0.3, 0.4) is 0 Å². The predicted octanol–water partition coefficient (Wildman–Crippen LogP) is 3.60. The molecule has 0 N–H and O–H groups in total. The Labute approximate surface area is 87.7 Å². The van der Waals surface area contributed by atoms with E-state index in [0.717, 1.165) is 5.56 Å². The maximum absolute atomic E-state index is 11.0. The zero-order chi connectivity index (χ0) is 9.84. The van der Waals surface area contributed by atoms with Crippen molar-refractivity contribution in [2.24, 2.45) is 0 Å². The van der Waals surface area contributed by atoms with Crippen molar-refractivity contribution in [3.63, 3.8) is 0 Å². The molecule has 1 unspecified atom stereocenters. The summed E-state index contributed by atoms with van der Waals surface area (Å²) in [6.45, 7) is 1.91. The molecule has 1 aromatic rings. The van der Waals surface area contributed by atoms with E-state index in [0.29, 0.717) is 11.4 Å². The Morgan fingerprint density at radius 1 is 1.46 bits per heavy atom. The van der Waals surface area contributed by atoms with Crippen molar-refractivity contribution in [3.8, 4) is 0 Å². The first kappa shape index (κ1) is 10.6. The molecule has 0 spiro atoms. The highest BCUT2D eigenvalue weighted by atomic mass is 35.5. The SMILES string of the molecule is CCC(C(=O)Cl)c1ccccc1Cl. The fourth-order valence-electron chi connectivity index (χ4n) is 1.26. The lowest BCUT2D eigenvalue weighted by molar-refractivity contribution is -0.113. The monoisotopic (exact) mass is 216 g/mol. The Hall–Kier alpha value is -0.530. The maximum Gasteiger partial charge on any atom is 0.229 e. The molecular weight excluding hydrogens is 207 g/mol. The molecular formula is C10H10Cl2O. The van der Waals surface area contributed by atoms with E-state index in [4.69, 9.17) is 23.2 Å². The molecule has 13 heavy (non-hydrogen) atoms. The maximum atomic E-state index is 11.0. The fraction of sp³-hybridized carbons (Fsp3) is 0.300. The van der Waals surface area contributed by atoms with E-state index in [1.165, 1.54) is 0 Å². The summed E-state index contributed by atoms with van der Waals surface area (Å²) in [6.07, 6.45) is 0.673. The molecule has 0 amide bonds. The summed E-state index contributed by atoms with van der Waals surface area (Å²) >= 11 is 11.4. The third kappa shape index (κ3) is 2.45. The average Bonchev–Trinajstić information content (AvgIpc) is 2.09. The van der Waals surface area contributed by atoms with E-state index in [-0.39, 0.29) is 11.2 Å². The zero-order valence-electron chi connectivity index (χ0n) is 7.26. The molecule has 0 aliphatic heterocycles. The molecule has 3 heteroatoms. The molecule has 1 atom stereocenters. The van der Waals surface area contributed by atoms with Gasteiger partial charge in [-0.25, -0.2) is 0 Å². The Balaban J connectivity index is 3.04. The van der Waals surface area contributed by atoms with Crippen LogP contribution in [0.4, 0.5) is 0 Å². The highest BCUT2D eigenvalue weighted by Gasteiger charge is 2.18. The van der Waals surface area contributed by atoms with Crippen molar-refractivity contribution < 1.29 is 4.79 Å². The summed E-state index contributed by atoms with van der Waals surface area (Å²) in [5.74, 6) is -0.282. The molecule has 0 radical (unpaired) electrons. The molecule has 1 rings (SSSR count). The van der Waals surface area contributed by atoms with Crippen LogP contribution in [0.25, 0.3) is 0 Å². The van der Waals surface area contributed by atoms with Gasteiger partial charge in [0.2, 0.25) is 5.24 Å². The molecule has 0 saturated carbocycles. The minimum Gasteiger partial charge on any atom is -0.281 e. The highest BCUT2D eigenvalue weighted by Crippen LogP contribution is 2.28. The van der Waals surface area contributed by atoms with Crippen LogP contribution in [0.15, 0.2) is 24.3 Å². The topological polar surface area (TPSA) is 17.1 Å². The number of carbonyl (C=O) groups excluding carboxylic acids is 1. The van der Waals surface area contributed by atoms with Crippen LogP contribution in [-0.4, -0.2) is 5.24 Å². The minimum atomic E-state index is -0.351. The summed E-state index contributed by atoms with van der Waals surface area (Å²) < 4.78 is 0. The number of rotatable bonds is 3. The van der Waals surface area contributed by atoms with Gasteiger partial charge in [-0.1, -0.05) is 36.7 Å². The number of carbonyl (C=O) groups is 1. The normalized spacial score (nSPS) is 12.5. The van der Waals surface area contributed by atoms with E-state index >= 15 is 0 Å². The Morgan fingerprint density at radius 2 is 2.08 bits per heavy atom. The first-order valence-corrected chi connectivity index (χ1v) is 4.86. The predicted molar refractivity (Wildman–Crippen MR) is 55.3 cm³/mol. The summed E-state index contributed by atoms with van der Waals surface area (Å²) in [4.78, 5) is 11.0. The molecule has 0 aromatic heterocycles. The number of halogens is 2. The molecule has 0 saturated heterocycles. The van der Waals surface area contributed by atoms with Crippen molar-refractivity contribution in [3.05, 3.63) is 34.9 Å². The van der Waals surface area contributed by atoms with Gasteiger partial charge < -0.3 is 0 Å². The van der Waals surface area contributed by atoms with Gasteiger partial charge in [0, 0.05) is 5.02 Å². The second kappa shape index (κ2) is 4.64. The van der Waals surface area contributed by atoms with Crippen molar-refractivity contribution in [1.29, 1.82) is 0 Å². The van der Waals surface area contributed by atoms with Gasteiger partial charge in [-0.2, -0.15) is 0 Å². The summed E-state index contributed by atoms with van der Waals surface area (Å²) in [5, 5.41) is 0.249. The first-order valence-electron chi connectivity index (χ1n) is 4.10. The second-order valence-corrected chi connectivity index (χ2v) is 3.57. The standard InChI is InChI=1S/C10H10Cl2O/c1-2-7(10(12)13)8-5-3-4-6-9(8)11/h3-7H,2H2,1H3. The van der Waals surface area contributed by atoms with E-state index in [2.05, 4.69) is 0 Å². The van der Waals surface area contributed by atoms with E-state index in [1.807, 2.05) is 25.1 Å². The van der Waals surface area contributed by atoms with E-state index < -0.39 is 0 Å². The molecule has 70 valence electrons. The minimum absolute atomic E-state index is 0.282. The largest absolute Gasteiger partial charge is 0.281 e. The molecule has 0 aliphatic rings. The van der Waals surface area contributed by atoms with E-state index in [9.17, 15) is 4.79 Å². The lowest BCUT2D eigenvalue weighted by atomic mass is 9.98. The van der Waals surface area contributed by atoms with Crippen LogP contribution in [-0.2, 0) is 4.79 Å². The van der Waals surface area contributed by atoms with Crippen LogP contribution in [0, 0.1) is 0 Å². The highest BCUT2D eigenvalue weighted by molar-refractivity contribution is 6.64. The zero-order valence-corrected chi connectivity index (χ0v) is 8.77. The van der Waals surface area contributed by atoms with Gasteiger partial charge in [0.15, 0.2) is 0 Å². The third-order valence-corrected chi connectivity index (χ3v) is 2.57. The Bertz CT molecular complexity index is 310. The number of hydrogen-bond donors (Lipinski definition) is 0. The van der Waals surface area contributed by atoms with Gasteiger partial charge >= 0.3 is 0 Å². The van der Waals surface area contributed by atoms with Crippen LogP contribution in [0.2, 0.25) is 5.02 Å². The number of hydrogen-bond acceptors (Lipinski definition) is 1. The van der Waals surface area contributed by atoms with Crippen LogP contribution in [0.1, 0.15) is 24.8 Å². The quantitative estimate of drug-likeness (QED) is 0.707. The van der Waals surface area contributed by atoms with Gasteiger partial charge in [0.25, 0.3) is 0 Å². The van der Waals surface area contributed by atoms with E-state index in [1.54, 1.807) is 6.07 Å². The van der Waals surface area contributed by atoms with Gasteiger partial charge in [0.05, 0.1) is 5.92 Å². The molecule has 0 aliphatic carbocycles. The smallest absolute Gasteiger partial charge is 0.229 e.